The summed E-state index contributed by atoms with van der Waals surface area (Å²) >= 11 is 0. The van der Waals surface area contributed by atoms with Gasteiger partial charge in [0, 0.05) is 17.1 Å². The van der Waals surface area contributed by atoms with Gasteiger partial charge in [-0.25, -0.2) is 0 Å². The number of benzene rings is 1. The molecule has 2 N–H and O–H groups in total. The number of nitrogens with two attached hydrogens (primary N) is 1. The Balaban J connectivity index is 2.23. The van der Waals surface area contributed by atoms with E-state index in [9.17, 15) is 0 Å². The summed E-state index contributed by atoms with van der Waals surface area (Å²) in [5.41, 5.74) is 9.10. The molecule has 0 spiro atoms. The third-order valence-corrected chi connectivity index (χ3v) is 4.96. The van der Waals surface area contributed by atoms with E-state index in [0.717, 1.165) is 11.9 Å². The zero-order valence-electron chi connectivity index (χ0n) is 11.8. The van der Waals surface area contributed by atoms with Crippen LogP contribution in [0, 0.1) is 5.41 Å². The predicted octanol–water partition coefficient (Wildman–Crippen LogP) is 3.99. The molecule has 0 amide bonds. The summed E-state index contributed by atoms with van der Waals surface area (Å²) in [4.78, 5) is 4.46. The fraction of sp³-hybridized carbons (Fsp3) is 0.471. The van der Waals surface area contributed by atoms with E-state index in [1.54, 1.807) is 0 Å². The smallest absolute Gasteiger partial charge is 0.0705 e. The summed E-state index contributed by atoms with van der Waals surface area (Å²) in [5.74, 6) is 0. The number of nitrogens with zero attached hydrogens (tertiary/aromatic N) is 1. The van der Waals surface area contributed by atoms with Crippen molar-refractivity contribution in [1.82, 2.24) is 4.98 Å². The first-order chi connectivity index (χ1) is 9.05. The molecule has 3 rings (SSSR count). The molecule has 0 saturated heterocycles. The first-order valence-electron chi connectivity index (χ1n) is 7.18. The van der Waals surface area contributed by atoms with Crippen molar-refractivity contribution < 1.29 is 0 Å². The highest BCUT2D eigenvalue weighted by molar-refractivity contribution is 5.83. The van der Waals surface area contributed by atoms with Gasteiger partial charge in [0.25, 0.3) is 0 Å². The minimum absolute atomic E-state index is 0.134. The van der Waals surface area contributed by atoms with Gasteiger partial charge in [-0.2, -0.15) is 0 Å². The van der Waals surface area contributed by atoms with Crippen molar-refractivity contribution in [2.24, 2.45) is 11.1 Å². The molecule has 1 heterocycles. The van der Waals surface area contributed by atoms with Gasteiger partial charge in [-0.1, -0.05) is 44.9 Å². The molecule has 100 valence electrons. The molecular weight excluding hydrogens is 232 g/mol. The van der Waals surface area contributed by atoms with Gasteiger partial charge in [-0.15, -0.1) is 0 Å². The summed E-state index contributed by atoms with van der Waals surface area (Å²) in [6.07, 6.45) is 6.61. The largest absolute Gasteiger partial charge is 0.321 e. The van der Waals surface area contributed by atoms with Crippen LogP contribution in [-0.2, 0) is 5.54 Å². The highest BCUT2D eigenvalue weighted by Crippen LogP contribution is 2.49. The van der Waals surface area contributed by atoms with Crippen LogP contribution in [0.25, 0.3) is 10.9 Å². The zero-order chi connectivity index (χ0) is 13.5. The maximum atomic E-state index is 6.90. The Kier molecular flexibility index (Phi) is 2.86. The molecule has 19 heavy (non-hydrogen) atoms. The molecule has 0 bridgehead atoms. The lowest BCUT2D eigenvalue weighted by Gasteiger charge is -2.48. The van der Waals surface area contributed by atoms with Crippen molar-refractivity contribution in [1.29, 1.82) is 0 Å². The molecule has 2 aromatic rings. The lowest BCUT2D eigenvalue weighted by atomic mass is 9.60. The molecule has 1 aliphatic carbocycles. The quantitative estimate of drug-likeness (QED) is 0.835. The van der Waals surface area contributed by atoms with E-state index in [4.69, 9.17) is 5.73 Å². The van der Waals surface area contributed by atoms with Crippen molar-refractivity contribution in [3.8, 4) is 0 Å². The Hall–Kier alpha value is -1.41. The van der Waals surface area contributed by atoms with Crippen LogP contribution in [0.4, 0.5) is 0 Å². The summed E-state index contributed by atoms with van der Waals surface area (Å²) in [6.45, 7) is 4.61. The molecule has 2 nitrogen and oxygen atoms in total. The van der Waals surface area contributed by atoms with Crippen LogP contribution in [0.1, 0.15) is 45.1 Å². The molecule has 1 aromatic heterocycles. The Labute approximate surface area is 115 Å². The topological polar surface area (TPSA) is 38.9 Å². The standard InChI is InChI=1S/C17H22N2/c1-16(2)10-3-4-11-17(16,18)14-8-5-9-15-13(14)7-6-12-19-15/h5-9,12H,3-4,10-11,18H2,1-2H3. The predicted molar refractivity (Wildman–Crippen MR) is 79.9 cm³/mol. The van der Waals surface area contributed by atoms with Crippen LogP contribution in [0.15, 0.2) is 36.5 Å². The van der Waals surface area contributed by atoms with Gasteiger partial charge in [-0.05, 0) is 36.0 Å². The molecular formula is C17H22N2. The second-order valence-electron chi connectivity index (χ2n) is 6.44. The monoisotopic (exact) mass is 254 g/mol. The van der Waals surface area contributed by atoms with Crippen molar-refractivity contribution in [2.75, 3.05) is 0 Å². The summed E-state index contributed by atoms with van der Waals surface area (Å²) in [7, 11) is 0. The normalized spacial score (nSPS) is 26.5. The zero-order valence-corrected chi connectivity index (χ0v) is 11.8. The molecule has 1 aliphatic rings. The van der Waals surface area contributed by atoms with E-state index in [1.165, 1.54) is 30.2 Å². The number of rotatable bonds is 1. The third-order valence-electron chi connectivity index (χ3n) is 4.96. The molecule has 1 fully saturated rings. The summed E-state index contributed by atoms with van der Waals surface area (Å²) < 4.78 is 0. The van der Waals surface area contributed by atoms with E-state index in [0.29, 0.717) is 0 Å². The first kappa shape index (κ1) is 12.6. The fourth-order valence-electron chi connectivity index (χ4n) is 3.52. The average molecular weight is 254 g/mol. The summed E-state index contributed by atoms with van der Waals surface area (Å²) in [6, 6.07) is 10.5. The summed E-state index contributed by atoms with van der Waals surface area (Å²) in [5, 5.41) is 1.21. The van der Waals surface area contributed by atoms with Crippen LogP contribution in [0.2, 0.25) is 0 Å². The Bertz CT molecular complexity index is 598. The molecule has 2 heteroatoms. The number of hydrogen-bond acceptors (Lipinski definition) is 2. The van der Waals surface area contributed by atoms with E-state index in [1.807, 2.05) is 12.3 Å². The number of aromatic nitrogens is 1. The third kappa shape index (κ3) is 1.86. The van der Waals surface area contributed by atoms with Gasteiger partial charge >= 0.3 is 0 Å². The Morgan fingerprint density at radius 3 is 2.63 bits per heavy atom. The molecule has 1 atom stereocenters. The van der Waals surface area contributed by atoms with E-state index >= 15 is 0 Å². The van der Waals surface area contributed by atoms with Crippen molar-refractivity contribution >= 4 is 10.9 Å². The highest BCUT2D eigenvalue weighted by Gasteiger charge is 2.45. The maximum absolute atomic E-state index is 6.90. The van der Waals surface area contributed by atoms with Gasteiger partial charge in [0.05, 0.1) is 5.52 Å². The second-order valence-corrected chi connectivity index (χ2v) is 6.44. The van der Waals surface area contributed by atoms with Crippen LogP contribution in [0.3, 0.4) is 0 Å². The Morgan fingerprint density at radius 1 is 1.05 bits per heavy atom. The van der Waals surface area contributed by atoms with E-state index in [2.05, 4.69) is 43.1 Å². The van der Waals surface area contributed by atoms with Crippen LogP contribution < -0.4 is 5.73 Å². The van der Waals surface area contributed by atoms with Gasteiger partial charge < -0.3 is 5.73 Å². The van der Waals surface area contributed by atoms with Gasteiger partial charge in [0.15, 0.2) is 0 Å². The van der Waals surface area contributed by atoms with E-state index < -0.39 is 0 Å². The van der Waals surface area contributed by atoms with Crippen LogP contribution in [-0.4, -0.2) is 4.98 Å². The molecule has 1 saturated carbocycles. The van der Waals surface area contributed by atoms with Crippen molar-refractivity contribution in [3.05, 3.63) is 42.1 Å². The van der Waals surface area contributed by atoms with E-state index in [-0.39, 0.29) is 11.0 Å². The average Bonchev–Trinajstić information content (AvgIpc) is 2.41. The van der Waals surface area contributed by atoms with Crippen molar-refractivity contribution in [2.45, 2.75) is 45.1 Å². The highest BCUT2D eigenvalue weighted by atomic mass is 14.8. The first-order valence-corrected chi connectivity index (χ1v) is 7.18. The lowest BCUT2D eigenvalue weighted by molar-refractivity contribution is 0.0991. The number of pyridine rings is 1. The second kappa shape index (κ2) is 4.31. The van der Waals surface area contributed by atoms with Gasteiger partial charge in [0.1, 0.15) is 0 Å². The van der Waals surface area contributed by atoms with Crippen LogP contribution >= 0.6 is 0 Å². The minimum atomic E-state index is -0.242. The van der Waals surface area contributed by atoms with Crippen LogP contribution in [0.5, 0.6) is 0 Å². The maximum Gasteiger partial charge on any atom is 0.0705 e. The molecule has 0 radical (unpaired) electrons. The van der Waals surface area contributed by atoms with Gasteiger partial charge in [-0.3, -0.25) is 4.98 Å². The number of hydrogen-bond donors (Lipinski definition) is 1. The van der Waals surface area contributed by atoms with Gasteiger partial charge in [0.2, 0.25) is 0 Å². The molecule has 0 aliphatic heterocycles. The minimum Gasteiger partial charge on any atom is -0.321 e. The molecule has 1 unspecified atom stereocenters. The lowest BCUT2D eigenvalue weighted by Crippen LogP contribution is -2.51. The number of fused-ring (bicyclic) bond motifs is 1. The molecule has 1 aromatic carbocycles. The SMILES string of the molecule is CC1(C)CCCCC1(N)c1cccc2ncccc12. The van der Waals surface area contributed by atoms with Crippen molar-refractivity contribution in [3.63, 3.8) is 0 Å². The fourth-order valence-corrected chi connectivity index (χ4v) is 3.52. The Morgan fingerprint density at radius 2 is 1.84 bits per heavy atom.